The third-order valence-electron chi connectivity index (χ3n) is 3.33. The van der Waals surface area contributed by atoms with E-state index in [4.69, 9.17) is 4.74 Å². The molecule has 24 heavy (non-hydrogen) atoms. The number of hydrogen-bond donors (Lipinski definition) is 2. The van der Waals surface area contributed by atoms with E-state index in [0.717, 1.165) is 31.4 Å². The molecular weight excluding hydrogens is 532 g/mol. The standard InChI is InChI=1S/C18H19I2NO3/c1-2-9-21-17(23)8-3-12-10-15(19)18(16(20)11-12)24-14-6-4-13(22)5-7-14/h4-7,10-11,22H,2-3,8-9H2,1H3,(H,21,23). The second kappa shape index (κ2) is 9.45. The number of carbonyl (C=O) groups excluding carboxylic acids is 1. The molecule has 0 spiro atoms. The number of rotatable bonds is 7. The summed E-state index contributed by atoms with van der Waals surface area (Å²) in [5, 5.41) is 12.2. The normalized spacial score (nSPS) is 10.5. The van der Waals surface area contributed by atoms with Crippen molar-refractivity contribution in [2.45, 2.75) is 26.2 Å². The molecule has 2 rings (SSSR count). The van der Waals surface area contributed by atoms with Gasteiger partial charge in [-0.2, -0.15) is 0 Å². The molecule has 0 heterocycles. The van der Waals surface area contributed by atoms with Crippen molar-refractivity contribution >= 4 is 51.1 Å². The highest BCUT2D eigenvalue weighted by molar-refractivity contribution is 14.1. The highest BCUT2D eigenvalue weighted by atomic mass is 127. The Morgan fingerprint density at radius 1 is 1.17 bits per heavy atom. The minimum atomic E-state index is 0.0892. The number of benzene rings is 2. The Bertz CT molecular complexity index is 679. The summed E-state index contributed by atoms with van der Waals surface area (Å²) < 4.78 is 7.92. The number of amides is 1. The molecule has 2 aromatic carbocycles. The lowest BCUT2D eigenvalue weighted by atomic mass is 10.1. The Morgan fingerprint density at radius 3 is 2.38 bits per heavy atom. The van der Waals surface area contributed by atoms with Gasteiger partial charge in [0.15, 0.2) is 5.75 Å². The summed E-state index contributed by atoms with van der Waals surface area (Å²) in [5.74, 6) is 1.77. The smallest absolute Gasteiger partial charge is 0.220 e. The molecule has 2 aromatic rings. The fourth-order valence-corrected chi connectivity index (χ4v) is 4.21. The topological polar surface area (TPSA) is 58.6 Å². The molecule has 0 unspecified atom stereocenters. The van der Waals surface area contributed by atoms with E-state index in [1.165, 1.54) is 0 Å². The summed E-state index contributed by atoms with van der Waals surface area (Å²) in [6, 6.07) is 10.7. The van der Waals surface area contributed by atoms with E-state index in [2.05, 4.69) is 50.5 Å². The fourth-order valence-electron chi connectivity index (χ4n) is 2.10. The third-order valence-corrected chi connectivity index (χ3v) is 4.93. The van der Waals surface area contributed by atoms with Gasteiger partial charge >= 0.3 is 0 Å². The van der Waals surface area contributed by atoms with Crippen molar-refractivity contribution in [1.82, 2.24) is 5.32 Å². The second-order valence-electron chi connectivity index (χ2n) is 5.33. The summed E-state index contributed by atoms with van der Waals surface area (Å²) in [6.07, 6.45) is 2.15. The van der Waals surface area contributed by atoms with Gasteiger partial charge in [-0.25, -0.2) is 0 Å². The zero-order chi connectivity index (χ0) is 17.5. The van der Waals surface area contributed by atoms with Crippen LogP contribution in [0.3, 0.4) is 0 Å². The van der Waals surface area contributed by atoms with Gasteiger partial charge < -0.3 is 15.2 Å². The highest BCUT2D eigenvalue weighted by Gasteiger charge is 2.11. The summed E-state index contributed by atoms with van der Waals surface area (Å²) in [6.45, 7) is 2.77. The molecule has 128 valence electrons. The van der Waals surface area contributed by atoms with Crippen LogP contribution in [0.25, 0.3) is 0 Å². The van der Waals surface area contributed by atoms with Gasteiger partial charge in [0, 0.05) is 13.0 Å². The van der Waals surface area contributed by atoms with Crippen LogP contribution in [-0.4, -0.2) is 17.6 Å². The molecule has 0 atom stereocenters. The first-order chi connectivity index (χ1) is 11.5. The molecule has 2 N–H and O–H groups in total. The van der Waals surface area contributed by atoms with Crippen LogP contribution in [0.5, 0.6) is 17.2 Å². The third kappa shape index (κ3) is 5.80. The van der Waals surface area contributed by atoms with Crippen molar-refractivity contribution < 1.29 is 14.6 Å². The van der Waals surface area contributed by atoms with Crippen LogP contribution in [-0.2, 0) is 11.2 Å². The molecular formula is C18H19I2NO3. The van der Waals surface area contributed by atoms with Gasteiger partial charge in [-0.3, -0.25) is 4.79 Å². The minimum absolute atomic E-state index is 0.0892. The van der Waals surface area contributed by atoms with Crippen LogP contribution in [0.2, 0.25) is 0 Å². The van der Waals surface area contributed by atoms with E-state index < -0.39 is 0 Å². The molecule has 0 bridgehead atoms. The predicted octanol–water partition coefficient (Wildman–Crippen LogP) is 4.85. The van der Waals surface area contributed by atoms with Crippen molar-refractivity contribution in [2.75, 3.05) is 6.54 Å². The zero-order valence-corrected chi connectivity index (χ0v) is 17.6. The second-order valence-corrected chi connectivity index (χ2v) is 7.66. The first kappa shape index (κ1) is 19.3. The molecule has 0 fully saturated rings. The van der Waals surface area contributed by atoms with Crippen molar-refractivity contribution in [3.8, 4) is 17.2 Å². The Hall–Kier alpha value is -1.03. The molecule has 0 radical (unpaired) electrons. The molecule has 0 aliphatic rings. The van der Waals surface area contributed by atoms with E-state index >= 15 is 0 Å². The Morgan fingerprint density at radius 2 is 1.79 bits per heavy atom. The van der Waals surface area contributed by atoms with Crippen LogP contribution in [0.1, 0.15) is 25.3 Å². The lowest BCUT2D eigenvalue weighted by molar-refractivity contribution is -0.121. The molecule has 6 heteroatoms. The quantitative estimate of drug-likeness (QED) is 0.484. The molecule has 1 amide bonds. The van der Waals surface area contributed by atoms with Crippen molar-refractivity contribution in [2.24, 2.45) is 0 Å². The molecule has 4 nitrogen and oxygen atoms in total. The summed E-state index contributed by atoms with van der Waals surface area (Å²) in [4.78, 5) is 11.7. The molecule has 0 aliphatic carbocycles. The van der Waals surface area contributed by atoms with Crippen LogP contribution in [0, 0.1) is 7.14 Å². The number of phenols is 1. The van der Waals surface area contributed by atoms with Gasteiger partial charge in [-0.15, -0.1) is 0 Å². The number of halogens is 2. The molecule has 0 aromatic heterocycles. The molecule has 0 saturated heterocycles. The lowest BCUT2D eigenvalue weighted by Gasteiger charge is -2.12. The average molecular weight is 551 g/mol. The van der Waals surface area contributed by atoms with Crippen LogP contribution >= 0.6 is 45.2 Å². The van der Waals surface area contributed by atoms with E-state index in [9.17, 15) is 9.90 Å². The lowest BCUT2D eigenvalue weighted by Crippen LogP contribution is -2.24. The van der Waals surface area contributed by atoms with E-state index in [1.807, 2.05) is 19.1 Å². The Balaban J connectivity index is 2.05. The average Bonchev–Trinajstić information content (AvgIpc) is 2.56. The first-order valence-electron chi connectivity index (χ1n) is 7.71. The number of nitrogens with one attached hydrogen (secondary N) is 1. The van der Waals surface area contributed by atoms with Crippen molar-refractivity contribution in [3.63, 3.8) is 0 Å². The van der Waals surface area contributed by atoms with Crippen LogP contribution in [0.15, 0.2) is 36.4 Å². The maximum absolute atomic E-state index is 11.7. The highest BCUT2D eigenvalue weighted by Crippen LogP contribution is 2.33. The van der Waals surface area contributed by atoms with Gasteiger partial charge in [0.1, 0.15) is 11.5 Å². The maximum Gasteiger partial charge on any atom is 0.220 e. The fraction of sp³-hybridized carbons (Fsp3) is 0.278. The van der Waals surface area contributed by atoms with E-state index in [0.29, 0.717) is 18.6 Å². The summed E-state index contributed by atoms with van der Waals surface area (Å²) >= 11 is 4.49. The van der Waals surface area contributed by atoms with Crippen LogP contribution < -0.4 is 10.1 Å². The number of phenolic OH excluding ortho intramolecular Hbond substituents is 1. The Kier molecular flexibility index (Phi) is 7.60. The molecule has 0 saturated carbocycles. The summed E-state index contributed by atoms with van der Waals surface area (Å²) in [5.41, 5.74) is 1.12. The number of aryl methyl sites for hydroxylation is 1. The van der Waals surface area contributed by atoms with Gasteiger partial charge in [0.25, 0.3) is 0 Å². The number of aromatic hydroxyl groups is 1. The van der Waals surface area contributed by atoms with Gasteiger partial charge in [0.2, 0.25) is 5.91 Å². The van der Waals surface area contributed by atoms with E-state index in [1.54, 1.807) is 24.3 Å². The monoisotopic (exact) mass is 551 g/mol. The van der Waals surface area contributed by atoms with Gasteiger partial charge in [-0.05, 0) is 100.0 Å². The van der Waals surface area contributed by atoms with Gasteiger partial charge in [-0.1, -0.05) is 6.92 Å². The van der Waals surface area contributed by atoms with Crippen molar-refractivity contribution in [3.05, 3.63) is 49.1 Å². The molecule has 0 aliphatic heterocycles. The van der Waals surface area contributed by atoms with Crippen LogP contribution in [0.4, 0.5) is 0 Å². The Labute approximate surface area is 169 Å². The summed E-state index contributed by atoms with van der Waals surface area (Å²) in [7, 11) is 0. The van der Waals surface area contributed by atoms with E-state index in [-0.39, 0.29) is 11.7 Å². The minimum Gasteiger partial charge on any atom is -0.508 e. The number of ether oxygens (including phenoxy) is 1. The number of hydrogen-bond acceptors (Lipinski definition) is 3. The van der Waals surface area contributed by atoms with Gasteiger partial charge in [0.05, 0.1) is 7.14 Å². The zero-order valence-electron chi connectivity index (χ0n) is 13.3. The number of carbonyl (C=O) groups is 1. The largest absolute Gasteiger partial charge is 0.508 e. The maximum atomic E-state index is 11.7. The van der Waals surface area contributed by atoms with Crippen molar-refractivity contribution in [1.29, 1.82) is 0 Å². The predicted molar refractivity (Wildman–Crippen MR) is 112 cm³/mol. The first-order valence-corrected chi connectivity index (χ1v) is 9.87. The SMILES string of the molecule is CCCNC(=O)CCc1cc(I)c(Oc2ccc(O)cc2)c(I)c1.